The minimum Gasteiger partial charge on any atom is -0.324 e. The Kier molecular flexibility index (Phi) is 5.39. The highest BCUT2D eigenvalue weighted by molar-refractivity contribution is 9.10. The predicted molar refractivity (Wildman–Crippen MR) is 91.5 cm³/mol. The Morgan fingerprint density at radius 3 is 2.86 bits per heavy atom. The molecular formula is C15H18BrN3OS. The van der Waals surface area contributed by atoms with E-state index in [0.29, 0.717) is 6.54 Å². The molecule has 1 atom stereocenters. The summed E-state index contributed by atoms with van der Waals surface area (Å²) in [5, 5.41) is 4.90. The molecule has 0 fully saturated rings. The fourth-order valence-electron chi connectivity index (χ4n) is 1.86. The average Bonchev–Trinajstić information content (AvgIpc) is 2.84. The van der Waals surface area contributed by atoms with Crippen molar-refractivity contribution in [2.24, 2.45) is 5.73 Å². The molecule has 1 aromatic heterocycles. The third-order valence-electron chi connectivity index (χ3n) is 3.03. The molecular weight excluding hydrogens is 350 g/mol. The molecule has 2 amide bonds. The van der Waals surface area contributed by atoms with E-state index in [4.69, 9.17) is 5.73 Å². The molecule has 1 aromatic carbocycles. The number of carbonyl (C=O) groups is 1. The van der Waals surface area contributed by atoms with E-state index in [-0.39, 0.29) is 12.1 Å². The second kappa shape index (κ2) is 7.06. The second-order valence-electron chi connectivity index (χ2n) is 4.93. The first kappa shape index (κ1) is 16.0. The first-order valence-corrected chi connectivity index (χ1v) is 8.23. The number of halogens is 1. The number of carbonyl (C=O) groups excluding carboxylic acids is 1. The van der Waals surface area contributed by atoms with Crippen LogP contribution in [0.3, 0.4) is 0 Å². The molecule has 0 saturated carbocycles. The van der Waals surface area contributed by atoms with Gasteiger partial charge in [0.05, 0.1) is 6.54 Å². The molecule has 2 rings (SSSR count). The summed E-state index contributed by atoms with van der Waals surface area (Å²) in [7, 11) is 1.78. The molecule has 0 saturated heterocycles. The zero-order valence-electron chi connectivity index (χ0n) is 12.0. The van der Waals surface area contributed by atoms with Crippen LogP contribution < -0.4 is 11.1 Å². The van der Waals surface area contributed by atoms with Gasteiger partial charge in [-0.2, -0.15) is 0 Å². The van der Waals surface area contributed by atoms with Crippen LogP contribution in [0.5, 0.6) is 0 Å². The van der Waals surface area contributed by atoms with Gasteiger partial charge in [0.15, 0.2) is 0 Å². The third-order valence-corrected chi connectivity index (χ3v) is 4.71. The molecule has 3 N–H and O–H groups in total. The molecule has 1 unspecified atom stereocenters. The van der Waals surface area contributed by atoms with Crippen LogP contribution in [0.2, 0.25) is 0 Å². The summed E-state index contributed by atoms with van der Waals surface area (Å²) >= 11 is 5.04. The van der Waals surface area contributed by atoms with Crippen molar-refractivity contribution in [3.8, 4) is 0 Å². The fourth-order valence-corrected chi connectivity index (χ4v) is 3.36. The second-order valence-corrected chi connectivity index (χ2v) is 6.84. The van der Waals surface area contributed by atoms with Crippen molar-refractivity contribution < 1.29 is 4.79 Å². The van der Waals surface area contributed by atoms with Crippen molar-refractivity contribution in [2.75, 3.05) is 12.4 Å². The monoisotopic (exact) mass is 367 g/mol. The van der Waals surface area contributed by atoms with E-state index in [1.165, 1.54) is 0 Å². The average molecular weight is 368 g/mol. The number of urea groups is 1. The van der Waals surface area contributed by atoms with E-state index < -0.39 is 0 Å². The standard InChI is InChI=1S/C15H18BrN3OS/c1-10(17)11-4-3-5-13(6-11)18-15(20)19(2)8-14-7-12(16)9-21-14/h3-7,9-10H,8,17H2,1-2H3,(H,18,20). The van der Waals surface area contributed by atoms with Crippen LogP contribution in [0.25, 0.3) is 0 Å². The molecule has 0 aliphatic carbocycles. The van der Waals surface area contributed by atoms with Gasteiger partial charge < -0.3 is 16.0 Å². The number of rotatable bonds is 4. The minimum absolute atomic E-state index is 0.0527. The number of amides is 2. The van der Waals surface area contributed by atoms with E-state index in [9.17, 15) is 4.79 Å². The fraction of sp³-hybridized carbons (Fsp3) is 0.267. The normalized spacial score (nSPS) is 12.0. The number of hydrogen-bond donors (Lipinski definition) is 2. The lowest BCUT2D eigenvalue weighted by atomic mass is 10.1. The van der Waals surface area contributed by atoms with Crippen LogP contribution in [0.15, 0.2) is 40.2 Å². The maximum Gasteiger partial charge on any atom is 0.321 e. The molecule has 21 heavy (non-hydrogen) atoms. The zero-order chi connectivity index (χ0) is 15.4. The number of thiophene rings is 1. The van der Waals surface area contributed by atoms with Crippen LogP contribution in [0, 0.1) is 0 Å². The van der Waals surface area contributed by atoms with Crippen molar-refractivity contribution in [3.05, 3.63) is 50.6 Å². The number of anilines is 1. The highest BCUT2D eigenvalue weighted by Crippen LogP contribution is 2.21. The maximum absolute atomic E-state index is 12.2. The highest BCUT2D eigenvalue weighted by Gasteiger charge is 2.11. The van der Waals surface area contributed by atoms with Gasteiger partial charge in [0, 0.05) is 33.5 Å². The van der Waals surface area contributed by atoms with Gasteiger partial charge in [-0.3, -0.25) is 0 Å². The Morgan fingerprint density at radius 2 is 2.24 bits per heavy atom. The molecule has 0 aliphatic rings. The minimum atomic E-state index is -0.138. The van der Waals surface area contributed by atoms with Crippen LogP contribution >= 0.6 is 27.3 Å². The van der Waals surface area contributed by atoms with Crippen LogP contribution in [0.4, 0.5) is 10.5 Å². The van der Waals surface area contributed by atoms with Crippen LogP contribution in [0.1, 0.15) is 23.4 Å². The van der Waals surface area contributed by atoms with Crippen molar-refractivity contribution in [3.63, 3.8) is 0 Å². The number of nitrogens with zero attached hydrogens (tertiary/aromatic N) is 1. The SMILES string of the molecule is CC(N)c1cccc(NC(=O)N(C)Cc2cc(Br)cs2)c1. The van der Waals surface area contributed by atoms with Gasteiger partial charge in [-0.05, 0) is 46.6 Å². The maximum atomic E-state index is 12.2. The van der Waals surface area contributed by atoms with Crippen molar-refractivity contribution >= 4 is 39.0 Å². The summed E-state index contributed by atoms with van der Waals surface area (Å²) in [5.41, 5.74) is 7.61. The smallest absolute Gasteiger partial charge is 0.321 e. The van der Waals surface area contributed by atoms with Crippen molar-refractivity contribution in [2.45, 2.75) is 19.5 Å². The highest BCUT2D eigenvalue weighted by atomic mass is 79.9. The molecule has 0 aliphatic heterocycles. The summed E-state index contributed by atoms with van der Waals surface area (Å²) in [6.45, 7) is 2.50. The van der Waals surface area contributed by atoms with Gasteiger partial charge in [0.2, 0.25) is 0 Å². The molecule has 0 spiro atoms. The number of hydrogen-bond acceptors (Lipinski definition) is 3. The first-order valence-electron chi connectivity index (χ1n) is 6.56. The summed E-state index contributed by atoms with van der Waals surface area (Å²) < 4.78 is 1.04. The van der Waals surface area contributed by atoms with Gasteiger partial charge in [0.25, 0.3) is 0 Å². The Hall–Kier alpha value is -1.37. The molecule has 0 radical (unpaired) electrons. The molecule has 112 valence electrons. The largest absolute Gasteiger partial charge is 0.324 e. The Bertz CT molecular complexity index is 627. The van der Waals surface area contributed by atoms with Crippen molar-refractivity contribution in [1.82, 2.24) is 4.90 Å². The topological polar surface area (TPSA) is 58.4 Å². The lowest BCUT2D eigenvalue weighted by Crippen LogP contribution is -2.30. The third kappa shape index (κ3) is 4.56. The predicted octanol–water partition coefficient (Wildman–Crippen LogP) is 4.19. The summed E-state index contributed by atoms with van der Waals surface area (Å²) in [5.74, 6) is 0. The van der Waals surface area contributed by atoms with Gasteiger partial charge in [-0.15, -0.1) is 11.3 Å². The van der Waals surface area contributed by atoms with Crippen molar-refractivity contribution in [1.29, 1.82) is 0 Å². The molecule has 6 heteroatoms. The lowest BCUT2D eigenvalue weighted by molar-refractivity contribution is 0.221. The van der Waals surface area contributed by atoms with Gasteiger partial charge >= 0.3 is 6.03 Å². The Labute approximate surface area is 137 Å². The number of nitrogens with two attached hydrogens (primary N) is 1. The zero-order valence-corrected chi connectivity index (χ0v) is 14.4. The molecule has 1 heterocycles. The van der Waals surface area contributed by atoms with Gasteiger partial charge in [0.1, 0.15) is 0 Å². The quantitative estimate of drug-likeness (QED) is 0.850. The van der Waals surface area contributed by atoms with E-state index in [2.05, 4.69) is 21.2 Å². The summed E-state index contributed by atoms with van der Waals surface area (Å²) in [4.78, 5) is 15.0. The Balaban J connectivity index is 1.98. The van der Waals surface area contributed by atoms with Crippen LogP contribution in [-0.2, 0) is 6.54 Å². The number of benzene rings is 1. The molecule has 4 nitrogen and oxygen atoms in total. The van der Waals surface area contributed by atoms with E-state index in [1.54, 1.807) is 23.3 Å². The summed E-state index contributed by atoms with van der Waals surface area (Å²) in [6, 6.07) is 9.44. The number of nitrogens with one attached hydrogen (secondary N) is 1. The lowest BCUT2D eigenvalue weighted by Gasteiger charge is -2.17. The van der Waals surface area contributed by atoms with E-state index >= 15 is 0 Å². The molecule has 2 aromatic rings. The van der Waals surface area contributed by atoms with E-state index in [0.717, 1.165) is 20.6 Å². The Morgan fingerprint density at radius 1 is 1.48 bits per heavy atom. The van der Waals surface area contributed by atoms with Crippen LogP contribution in [-0.4, -0.2) is 18.0 Å². The van der Waals surface area contributed by atoms with Gasteiger partial charge in [-0.25, -0.2) is 4.79 Å². The first-order chi connectivity index (χ1) is 9.95. The summed E-state index contributed by atoms with van der Waals surface area (Å²) in [6.07, 6.45) is 0. The van der Waals surface area contributed by atoms with E-state index in [1.807, 2.05) is 42.6 Å². The molecule has 0 bridgehead atoms. The van der Waals surface area contributed by atoms with Gasteiger partial charge in [-0.1, -0.05) is 12.1 Å².